The molecule has 82 valence electrons. The van der Waals surface area contributed by atoms with Crippen molar-refractivity contribution in [1.29, 1.82) is 0 Å². The van der Waals surface area contributed by atoms with Gasteiger partial charge in [0.2, 0.25) is 23.1 Å². The summed E-state index contributed by atoms with van der Waals surface area (Å²) in [6.45, 7) is 2.40. The first-order valence-electron chi connectivity index (χ1n) is 4.23. The van der Waals surface area contributed by atoms with Crippen molar-refractivity contribution < 1.29 is 4.79 Å². The number of nitrogen functional groups attached to an aromatic ring is 1. The van der Waals surface area contributed by atoms with E-state index in [1.165, 1.54) is 6.92 Å². The first kappa shape index (κ1) is 11.4. The van der Waals surface area contributed by atoms with Crippen molar-refractivity contribution in [3.63, 3.8) is 0 Å². The Morgan fingerprint density at radius 3 is 2.73 bits per heavy atom. The lowest BCUT2D eigenvalue weighted by molar-refractivity contribution is -0.118. The van der Waals surface area contributed by atoms with Crippen LogP contribution in [0.25, 0.3) is 0 Å². The third-order valence-corrected chi connectivity index (χ3v) is 1.58. The molecular weight excluding hydrogens is 220 g/mol. The van der Waals surface area contributed by atoms with Crippen molar-refractivity contribution in [2.45, 2.75) is 6.92 Å². The highest BCUT2D eigenvalue weighted by Crippen LogP contribution is 2.05. The first-order chi connectivity index (χ1) is 7.08. The molecule has 0 aliphatic carbocycles. The molecule has 1 amide bonds. The maximum atomic E-state index is 10.5. The molecule has 15 heavy (non-hydrogen) atoms. The van der Waals surface area contributed by atoms with Gasteiger partial charge in [-0.1, -0.05) is 0 Å². The van der Waals surface area contributed by atoms with E-state index in [4.69, 9.17) is 17.3 Å². The number of hydrogen-bond acceptors (Lipinski definition) is 6. The summed E-state index contributed by atoms with van der Waals surface area (Å²) in [4.78, 5) is 21.7. The van der Waals surface area contributed by atoms with E-state index in [2.05, 4.69) is 25.6 Å². The highest BCUT2D eigenvalue weighted by molar-refractivity contribution is 6.28. The minimum Gasteiger partial charge on any atom is -0.368 e. The fourth-order valence-corrected chi connectivity index (χ4v) is 1.02. The van der Waals surface area contributed by atoms with Gasteiger partial charge < -0.3 is 16.4 Å². The van der Waals surface area contributed by atoms with E-state index < -0.39 is 0 Å². The van der Waals surface area contributed by atoms with Crippen LogP contribution in [0.4, 0.5) is 11.9 Å². The molecule has 0 aliphatic heterocycles. The molecule has 0 radical (unpaired) electrons. The molecule has 0 atom stereocenters. The van der Waals surface area contributed by atoms with Gasteiger partial charge >= 0.3 is 0 Å². The number of carbonyl (C=O) groups is 1. The molecule has 8 heteroatoms. The highest BCUT2D eigenvalue weighted by Gasteiger charge is 2.00. The van der Waals surface area contributed by atoms with E-state index in [9.17, 15) is 4.79 Å². The van der Waals surface area contributed by atoms with Crippen LogP contribution in [0.2, 0.25) is 5.28 Å². The van der Waals surface area contributed by atoms with E-state index in [1.807, 2.05) is 0 Å². The van der Waals surface area contributed by atoms with Crippen LogP contribution in [0.5, 0.6) is 0 Å². The number of rotatable bonds is 4. The molecule has 0 saturated carbocycles. The standard InChI is InChI=1S/C7H11ClN6O/c1-4(15)10-2-3-11-7-13-5(8)12-6(9)14-7/h2-3H2,1H3,(H,10,15)(H3,9,11,12,13,14). The van der Waals surface area contributed by atoms with E-state index in [0.717, 1.165) is 0 Å². The normalized spacial score (nSPS) is 9.73. The first-order valence-corrected chi connectivity index (χ1v) is 4.61. The van der Waals surface area contributed by atoms with Gasteiger partial charge in [0.15, 0.2) is 0 Å². The van der Waals surface area contributed by atoms with Crippen molar-refractivity contribution in [3.05, 3.63) is 5.28 Å². The van der Waals surface area contributed by atoms with Crippen molar-refractivity contribution in [3.8, 4) is 0 Å². The van der Waals surface area contributed by atoms with E-state index in [0.29, 0.717) is 13.1 Å². The Bertz CT molecular complexity index is 337. The Morgan fingerprint density at radius 1 is 1.40 bits per heavy atom. The zero-order valence-corrected chi connectivity index (χ0v) is 8.88. The van der Waals surface area contributed by atoms with E-state index in [1.54, 1.807) is 0 Å². The molecule has 0 spiro atoms. The van der Waals surface area contributed by atoms with Gasteiger partial charge in [0.05, 0.1) is 0 Å². The van der Waals surface area contributed by atoms with E-state index in [-0.39, 0.29) is 23.1 Å². The Labute approximate surface area is 91.5 Å². The molecule has 1 rings (SSSR count). The smallest absolute Gasteiger partial charge is 0.228 e. The molecule has 0 aliphatic rings. The monoisotopic (exact) mass is 230 g/mol. The summed E-state index contributed by atoms with van der Waals surface area (Å²) in [5.41, 5.74) is 5.36. The van der Waals surface area contributed by atoms with Gasteiger partial charge in [0.1, 0.15) is 0 Å². The average molecular weight is 231 g/mol. The van der Waals surface area contributed by atoms with Crippen LogP contribution in [-0.2, 0) is 4.79 Å². The second kappa shape index (κ2) is 5.30. The molecular formula is C7H11ClN6O. The Kier molecular flexibility index (Phi) is 4.04. The molecule has 4 N–H and O–H groups in total. The van der Waals surface area contributed by atoms with Crippen LogP contribution in [0, 0.1) is 0 Å². The van der Waals surface area contributed by atoms with Gasteiger partial charge in [-0.15, -0.1) is 0 Å². The van der Waals surface area contributed by atoms with Crippen molar-refractivity contribution in [2.75, 3.05) is 24.1 Å². The molecule has 1 aromatic rings. The third-order valence-electron chi connectivity index (χ3n) is 1.41. The molecule has 0 aromatic carbocycles. The summed E-state index contributed by atoms with van der Waals surface area (Å²) >= 11 is 5.56. The fourth-order valence-electron chi connectivity index (χ4n) is 0.857. The number of nitrogens with two attached hydrogens (primary N) is 1. The molecule has 0 saturated heterocycles. The Morgan fingerprint density at radius 2 is 2.13 bits per heavy atom. The third kappa shape index (κ3) is 4.41. The fraction of sp³-hybridized carbons (Fsp3) is 0.429. The summed E-state index contributed by atoms with van der Waals surface area (Å²) in [5, 5.41) is 5.48. The van der Waals surface area contributed by atoms with Crippen molar-refractivity contribution in [2.24, 2.45) is 0 Å². The van der Waals surface area contributed by atoms with Gasteiger partial charge in [-0.2, -0.15) is 15.0 Å². The van der Waals surface area contributed by atoms with Crippen molar-refractivity contribution >= 4 is 29.4 Å². The van der Waals surface area contributed by atoms with Gasteiger partial charge in [0.25, 0.3) is 0 Å². The maximum Gasteiger partial charge on any atom is 0.228 e. The predicted molar refractivity (Wildman–Crippen MR) is 56.4 cm³/mol. The lowest BCUT2D eigenvalue weighted by Crippen LogP contribution is -2.26. The number of anilines is 2. The zero-order chi connectivity index (χ0) is 11.3. The highest BCUT2D eigenvalue weighted by atomic mass is 35.5. The minimum atomic E-state index is -0.0926. The average Bonchev–Trinajstić information content (AvgIpc) is 2.10. The van der Waals surface area contributed by atoms with Crippen molar-refractivity contribution in [1.82, 2.24) is 20.3 Å². The second-order valence-electron chi connectivity index (χ2n) is 2.70. The maximum absolute atomic E-state index is 10.5. The number of amides is 1. The summed E-state index contributed by atoms with van der Waals surface area (Å²) in [6.07, 6.45) is 0. The second-order valence-corrected chi connectivity index (χ2v) is 3.03. The van der Waals surface area contributed by atoms with Crippen LogP contribution in [-0.4, -0.2) is 33.9 Å². The lowest BCUT2D eigenvalue weighted by Gasteiger charge is -2.05. The summed E-state index contributed by atoms with van der Waals surface area (Å²) in [5.74, 6) is 0.250. The number of aromatic nitrogens is 3. The topological polar surface area (TPSA) is 106 Å². The minimum absolute atomic E-state index is 0.0320. The molecule has 7 nitrogen and oxygen atoms in total. The van der Waals surface area contributed by atoms with Crippen LogP contribution in [0.15, 0.2) is 0 Å². The summed E-state index contributed by atoms with van der Waals surface area (Å²) < 4.78 is 0. The zero-order valence-electron chi connectivity index (χ0n) is 8.12. The van der Waals surface area contributed by atoms with Gasteiger partial charge in [-0.05, 0) is 11.6 Å². The van der Waals surface area contributed by atoms with Gasteiger partial charge in [-0.25, -0.2) is 0 Å². The van der Waals surface area contributed by atoms with E-state index >= 15 is 0 Å². The molecule has 0 unspecified atom stereocenters. The van der Waals surface area contributed by atoms with Crippen LogP contribution in [0.1, 0.15) is 6.92 Å². The largest absolute Gasteiger partial charge is 0.368 e. The summed E-state index contributed by atoms with van der Waals surface area (Å²) in [7, 11) is 0. The number of nitrogens with zero attached hydrogens (tertiary/aromatic N) is 3. The number of carbonyl (C=O) groups excluding carboxylic acids is 1. The number of nitrogens with one attached hydrogen (secondary N) is 2. The quantitative estimate of drug-likeness (QED) is 0.611. The summed E-state index contributed by atoms with van der Waals surface area (Å²) in [6, 6.07) is 0. The van der Waals surface area contributed by atoms with Crippen LogP contribution >= 0.6 is 11.6 Å². The number of halogens is 1. The molecule has 1 aromatic heterocycles. The Balaban J connectivity index is 2.40. The molecule has 0 fully saturated rings. The van der Waals surface area contributed by atoms with Crippen LogP contribution in [0.3, 0.4) is 0 Å². The SMILES string of the molecule is CC(=O)NCCNc1nc(N)nc(Cl)n1. The predicted octanol–water partition coefficient (Wildman–Crippen LogP) is -0.345. The van der Waals surface area contributed by atoms with Crippen LogP contribution < -0.4 is 16.4 Å². The van der Waals surface area contributed by atoms with Gasteiger partial charge in [0, 0.05) is 20.0 Å². The lowest BCUT2D eigenvalue weighted by atomic mass is 10.6. The molecule has 1 heterocycles. The van der Waals surface area contributed by atoms with Gasteiger partial charge in [-0.3, -0.25) is 4.79 Å². The number of hydrogen-bond donors (Lipinski definition) is 3. The molecule has 0 bridgehead atoms. The Hall–Kier alpha value is -1.63.